The molecule has 4 amide bonds. The molecule has 2 aliphatic heterocycles. The molecule has 41 heavy (non-hydrogen) atoms. The predicted octanol–water partition coefficient (Wildman–Crippen LogP) is 6.14. The first-order valence-corrected chi connectivity index (χ1v) is 14.1. The van der Waals surface area contributed by atoms with Gasteiger partial charge in [0.1, 0.15) is 0 Å². The molecule has 7 nitrogen and oxygen atoms in total. The van der Waals surface area contributed by atoms with Gasteiger partial charge in [-0.3, -0.25) is 4.90 Å². The summed E-state index contributed by atoms with van der Waals surface area (Å²) in [6, 6.07) is 19.1. The summed E-state index contributed by atoms with van der Waals surface area (Å²) in [5.74, 6) is -1.35. The van der Waals surface area contributed by atoms with Gasteiger partial charge in [0, 0.05) is 42.8 Å². The van der Waals surface area contributed by atoms with Crippen molar-refractivity contribution in [2.45, 2.75) is 43.7 Å². The fourth-order valence-corrected chi connectivity index (χ4v) is 6.56. The molecule has 0 aromatic heterocycles. The van der Waals surface area contributed by atoms with E-state index in [2.05, 4.69) is 27.7 Å². The zero-order valence-electron chi connectivity index (χ0n) is 22.5. The first-order chi connectivity index (χ1) is 19.9. The maximum absolute atomic E-state index is 14.2. The maximum Gasteiger partial charge on any atom is 0.330 e. The normalized spacial score (nSPS) is 22.7. The van der Waals surface area contributed by atoms with Crippen molar-refractivity contribution < 1.29 is 18.4 Å². The van der Waals surface area contributed by atoms with E-state index in [-0.39, 0.29) is 5.92 Å². The third kappa shape index (κ3) is 5.27. The number of amides is 4. The number of hydrogen-bond donors (Lipinski definition) is 2. The first kappa shape index (κ1) is 26.9. The van der Waals surface area contributed by atoms with Crippen molar-refractivity contribution in [2.24, 2.45) is 5.92 Å². The quantitative estimate of drug-likeness (QED) is 0.396. The zero-order chi connectivity index (χ0) is 28.5. The van der Waals surface area contributed by atoms with Crippen LogP contribution in [0.3, 0.4) is 0 Å². The van der Waals surface area contributed by atoms with Crippen molar-refractivity contribution in [1.82, 2.24) is 15.1 Å². The molecule has 1 saturated carbocycles. The first-order valence-electron chi connectivity index (χ1n) is 14.1. The fourth-order valence-electron chi connectivity index (χ4n) is 6.56. The van der Waals surface area contributed by atoms with E-state index in [1.807, 2.05) is 18.2 Å². The molecule has 9 heteroatoms. The second-order valence-electron chi connectivity index (χ2n) is 11.2. The van der Waals surface area contributed by atoms with Crippen molar-refractivity contribution >= 4 is 17.7 Å². The third-order valence-electron chi connectivity index (χ3n) is 8.71. The lowest BCUT2D eigenvalue weighted by molar-refractivity contribution is 0.0334. The van der Waals surface area contributed by atoms with Crippen LogP contribution in [-0.4, -0.2) is 47.5 Å². The standard InChI is InChI=1S/C32H31F2N5O2/c33-27-14-11-22(15-28(27)34)30-26-7-3-4-8-29(26)37-32(41)39(30)31(40)36-17-20-18-38(19-20)24-12-9-21(10-13-24)25-6-2-1-5-23(25)16-35/h1-8,11,14-15,20-21,24,30H,9-10,12-13,17-19H2,(H,36,40)(H,37,41). The SMILES string of the molecule is N#Cc1ccccc1C1CCC(N2CC(CNC(=O)N3C(=O)Nc4ccccc4C3c3ccc(F)c(F)c3)C2)CC1. The minimum atomic E-state index is -1.04. The van der Waals surface area contributed by atoms with Gasteiger partial charge in [-0.25, -0.2) is 23.3 Å². The highest BCUT2D eigenvalue weighted by atomic mass is 19.2. The zero-order valence-corrected chi connectivity index (χ0v) is 22.5. The lowest BCUT2D eigenvalue weighted by Crippen LogP contribution is -2.57. The van der Waals surface area contributed by atoms with Crippen LogP contribution >= 0.6 is 0 Å². The number of benzene rings is 3. The molecule has 0 spiro atoms. The highest BCUT2D eigenvalue weighted by Gasteiger charge is 2.40. The molecule has 210 valence electrons. The Kier molecular flexibility index (Phi) is 7.41. The molecule has 6 rings (SSSR count). The number of nitriles is 1. The molecule has 3 aliphatic rings. The van der Waals surface area contributed by atoms with Gasteiger partial charge < -0.3 is 10.6 Å². The largest absolute Gasteiger partial charge is 0.337 e. The number of nitrogens with zero attached hydrogens (tertiary/aromatic N) is 3. The molecule has 1 atom stereocenters. The number of para-hydroxylation sites is 1. The minimum absolute atomic E-state index is 0.262. The number of rotatable bonds is 5. The van der Waals surface area contributed by atoms with Gasteiger partial charge in [0.15, 0.2) is 11.6 Å². The van der Waals surface area contributed by atoms with Crippen molar-refractivity contribution in [3.63, 3.8) is 0 Å². The van der Waals surface area contributed by atoms with E-state index in [9.17, 15) is 23.6 Å². The number of hydrogen-bond acceptors (Lipinski definition) is 4. The average molecular weight is 556 g/mol. The second-order valence-corrected chi connectivity index (χ2v) is 11.2. The van der Waals surface area contributed by atoms with Crippen LogP contribution in [0.4, 0.5) is 24.1 Å². The number of urea groups is 2. The predicted molar refractivity (Wildman–Crippen MR) is 150 cm³/mol. The van der Waals surface area contributed by atoms with E-state index < -0.39 is 29.7 Å². The summed E-state index contributed by atoms with van der Waals surface area (Å²) in [5, 5.41) is 15.1. The molecule has 3 aromatic rings. The Morgan fingerprint density at radius 2 is 1.66 bits per heavy atom. The van der Waals surface area contributed by atoms with Crippen LogP contribution in [0.2, 0.25) is 0 Å². The molecule has 0 bridgehead atoms. The van der Waals surface area contributed by atoms with Gasteiger partial charge in [0.25, 0.3) is 0 Å². The fraction of sp³-hybridized carbons (Fsp3) is 0.344. The summed E-state index contributed by atoms with van der Waals surface area (Å²) in [5.41, 5.74) is 3.38. The van der Waals surface area contributed by atoms with Crippen LogP contribution in [0.15, 0.2) is 66.7 Å². The van der Waals surface area contributed by atoms with Crippen LogP contribution in [0.25, 0.3) is 0 Å². The number of fused-ring (bicyclic) bond motifs is 1. The third-order valence-corrected chi connectivity index (χ3v) is 8.71. The Bertz CT molecular complexity index is 1510. The lowest BCUT2D eigenvalue weighted by Gasteiger charge is -2.47. The number of anilines is 1. The van der Waals surface area contributed by atoms with Crippen LogP contribution in [0.5, 0.6) is 0 Å². The van der Waals surface area contributed by atoms with E-state index in [0.29, 0.717) is 35.3 Å². The van der Waals surface area contributed by atoms with Crippen molar-refractivity contribution in [2.75, 3.05) is 25.0 Å². The number of halogens is 2. The smallest absolute Gasteiger partial charge is 0.330 e. The molecule has 0 radical (unpaired) electrons. The Balaban J connectivity index is 1.06. The summed E-state index contributed by atoms with van der Waals surface area (Å²) in [6.07, 6.45) is 4.26. The van der Waals surface area contributed by atoms with E-state index in [4.69, 9.17) is 0 Å². The molecule has 1 aliphatic carbocycles. The molecule has 2 fully saturated rings. The number of carbonyl (C=O) groups is 2. The minimum Gasteiger partial charge on any atom is -0.337 e. The molecular weight excluding hydrogens is 524 g/mol. The van der Waals surface area contributed by atoms with Gasteiger partial charge in [-0.2, -0.15) is 5.26 Å². The van der Waals surface area contributed by atoms with Crippen molar-refractivity contribution in [1.29, 1.82) is 5.26 Å². The van der Waals surface area contributed by atoms with Gasteiger partial charge in [0.2, 0.25) is 0 Å². The maximum atomic E-state index is 14.2. The van der Waals surface area contributed by atoms with Crippen LogP contribution in [0, 0.1) is 28.9 Å². The highest BCUT2D eigenvalue weighted by Crippen LogP contribution is 2.39. The lowest BCUT2D eigenvalue weighted by atomic mass is 9.78. The molecule has 1 saturated heterocycles. The second kappa shape index (κ2) is 11.3. The number of likely N-dealkylation sites (tertiary alicyclic amines) is 1. The van der Waals surface area contributed by atoms with Gasteiger partial charge in [-0.05, 0) is 67.0 Å². The van der Waals surface area contributed by atoms with Gasteiger partial charge >= 0.3 is 12.1 Å². The molecular formula is C32H31F2N5O2. The van der Waals surface area contributed by atoms with Gasteiger partial charge in [-0.15, -0.1) is 0 Å². The number of nitrogens with one attached hydrogen (secondary N) is 2. The van der Waals surface area contributed by atoms with Crippen LogP contribution < -0.4 is 10.6 Å². The van der Waals surface area contributed by atoms with Crippen LogP contribution in [0.1, 0.15) is 59.9 Å². The molecule has 3 aromatic carbocycles. The summed E-state index contributed by atoms with van der Waals surface area (Å²) in [6.45, 7) is 2.15. The Labute approximate surface area is 237 Å². The van der Waals surface area contributed by atoms with Crippen molar-refractivity contribution in [3.8, 4) is 6.07 Å². The average Bonchev–Trinajstić information content (AvgIpc) is 2.97. The Morgan fingerprint density at radius 1 is 0.951 bits per heavy atom. The van der Waals surface area contributed by atoms with Gasteiger partial charge in [0.05, 0.1) is 17.7 Å². The van der Waals surface area contributed by atoms with Gasteiger partial charge in [-0.1, -0.05) is 42.5 Å². The van der Waals surface area contributed by atoms with E-state index >= 15 is 0 Å². The highest BCUT2D eigenvalue weighted by molar-refractivity contribution is 6.04. The molecule has 1 unspecified atom stereocenters. The number of imide groups is 1. The summed E-state index contributed by atoms with van der Waals surface area (Å²) in [7, 11) is 0. The summed E-state index contributed by atoms with van der Waals surface area (Å²) in [4.78, 5) is 29.9. The van der Waals surface area contributed by atoms with Crippen LogP contribution in [-0.2, 0) is 0 Å². The van der Waals surface area contributed by atoms with E-state index in [0.717, 1.165) is 66.9 Å². The monoisotopic (exact) mass is 555 g/mol. The Morgan fingerprint density at radius 3 is 2.39 bits per heavy atom. The number of carbonyl (C=O) groups excluding carboxylic acids is 2. The molecule has 2 N–H and O–H groups in total. The van der Waals surface area contributed by atoms with Crippen molar-refractivity contribution in [3.05, 3.63) is 101 Å². The topological polar surface area (TPSA) is 88.5 Å². The summed E-state index contributed by atoms with van der Waals surface area (Å²) < 4.78 is 27.8. The van der Waals surface area contributed by atoms with E-state index in [1.54, 1.807) is 24.3 Å². The van der Waals surface area contributed by atoms with E-state index in [1.165, 1.54) is 6.07 Å². The summed E-state index contributed by atoms with van der Waals surface area (Å²) >= 11 is 0. The molecule has 2 heterocycles. The Hall–Kier alpha value is -4.29.